The fourth-order valence-electron chi connectivity index (χ4n) is 2.96. The van der Waals surface area contributed by atoms with E-state index in [0.717, 1.165) is 31.0 Å². The topological polar surface area (TPSA) is 68.2 Å². The number of carbonyl (C=O) groups is 1. The van der Waals surface area contributed by atoms with E-state index >= 15 is 0 Å². The number of ether oxygens (including phenoxy) is 1. The molecule has 0 spiro atoms. The van der Waals surface area contributed by atoms with Crippen molar-refractivity contribution in [3.05, 3.63) is 77.6 Å². The molecule has 0 saturated carbocycles. The summed E-state index contributed by atoms with van der Waals surface area (Å²) in [4.78, 5) is 12.6. The number of nitrogens with one attached hydrogen (secondary N) is 2. The SMILES string of the molecule is O=C(NCc1cc2n(n1)CCNC2)c1ccccc1Oc1ccccc1. The highest BCUT2D eigenvalue weighted by Gasteiger charge is 2.15. The summed E-state index contributed by atoms with van der Waals surface area (Å²) >= 11 is 0. The quantitative estimate of drug-likeness (QED) is 0.744. The van der Waals surface area contributed by atoms with Gasteiger partial charge >= 0.3 is 0 Å². The van der Waals surface area contributed by atoms with Gasteiger partial charge in [-0.05, 0) is 30.3 Å². The van der Waals surface area contributed by atoms with Crippen LogP contribution in [0.15, 0.2) is 60.7 Å². The second kappa shape index (κ2) is 7.41. The molecule has 4 rings (SSSR count). The molecule has 6 nitrogen and oxygen atoms in total. The Morgan fingerprint density at radius 2 is 1.96 bits per heavy atom. The molecule has 6 heteroatoms. The van der Waals surface area contributed by atoms with Crippen molar-refractivity contribution >= 4 is 5.91 Å². The number of hydrogen-bond donors (Lipinski definition) is 2. The molecule has 0 atom stereocenters. The monoisotopic (exact) mass is 348 g/mol. The van der Waals surface area contributed by atoms with Crippen molar-refractivity contribution in [2.75, 3.05) is 6.54 Å². The predicted molar refractivity (Wildman–Crippen MR) is 98.1 cm³/mol. The van der Waals surface area contributed by atoms with Crippen molar-refractivity contribution in [3.8, 4) is 11.5 Å². The Hall–Kier alpha value is -3.12. The Kier molecular flexibility index (Phi) is 4.66. The average molecular weight is 348 g/mol. The van der Waals surface area contributed by atoms with E-state index in [4.69, 9.17) is 4.74 Å². The maximum absolute atomic E-state index is 12.6. The van der Waals surface area contributed by atoms with Crippen LogP contribution in [0, 0.1) is 0 Å². The summed E-state index contributed by atoms with van der Waals surface area (Å²) in [6.07, 6.45) is 0. The molecule has 1 amide bonds. The molecule has 0 radical (unpaired) electrons. The van der Waals surface area contributed by atoms with Crippen LogP contribution in [-0.4, -0.2) is 22.2 Å². The van der Waals surface area contributed by atoms with Crippen molar-refractivity contribution in [1.82, 2.24) is 20.4 Å². The molecule has 26 heavy (non-hydrogen) atoms. The van der Waals surface area contributed by atoms with Gasteiger partial charge in [0.2, 0.25) is 0 Å². The standard InChI is InChI=1S/C20H20N4O2/c25-20(22-13-15-12-16-14-21-10-11-24(16)23-15)18-8-4-5-9-19(18)26-17-6-2-1-3-7-17/h1-9,12,21H,10-11,13-14H2,(H,22,25). The maximum atomic E-state index is 12.6. The molecule has 1 aromatic heterocycles. The lowest BCUT2D eigenvalue weighted by Crippen LogP contribution is -2.28. The molecule has 1 aliphatic rings. The van der Waals surface area contributed by atoms with Gasteiger partial charge in [-0.2, -0.15) is 5.10 Å². The Morgan fingerprint density at radius 3 is 2.81 bits per heavy atom. The second-order valence-electron chi connectivity index (χ2n) is 6.12. The van der Waals surface area contributed by atoms with E-state index in [2.05, 4.69) is 15.7 Å². The number of benzene rings is 2. The summed E-state index contributed by atoms with van der Waals surface area (Å²) in [5.41, 5.74) is 2.51. The van der Waals surface area contributed by atoms with Crippen molar-refractivity contribution in [1.29, 1.82) is 0 Å². The molecule has 0 saturated heterocycles. The van der Waals surface area contributed by atoms with E-state index in [9.17, 15) is 4.79 Å². The van der Waals surface area contributed by atoms with Crippen LogP contribution in [-0.2, 0) is 19.6 Å². The van der Waals surface area contributed by atoms with Gasteiger partial charge in [-0.3, -0.25) is 9.48 Å². The van der Waals surface area contributed by atoms with E-state index in [-0.39, 0.29) is 5.91 Å². The number of amides is 1. The second-order valence-corrected chi connectivity index (χ2v) is 6.12. The number of para-hydroxylation sites is 2. The Balaban J connectivity index is 1.45. The minimum atomic E-state index is -0.180. The molecular weight excluding hydrogens is 328 g/mol. The van der Waals surface area contributed by atoms with Crippen LogP contribution >= 0.6 is 0 Å². The van der Waals surface area contributed by atoms with Crippen LogP contribution < -0.4 is 15.4 Å². The summed E-state index contributed by atoms with van der Waals surface area (Å²) in [7, 11) is 0. The molecular formula is C20H20N4O2. The zero-order valence-electron chi connectivity index (χ0n) is 14.3. The lowest BCUT2D eigenvalue weighted by Gasteiger charge is -2.13. The lowest BCUT2D eigenvalue weighted by molar-refractivity contribution is 0.0948. The highest BCUT2D eigenvalue weighted by molar-refractivity contribution is 5.96. The lowest BCUT2D eigenvalue weighted by atomic mass is 10.2. The highest BCUT2D eigenvalue weighted by Crippen LogP contribution is 2.25. The average Bonchev–Trinajstić information content (AvgIpc) is 3.10. The van der Waals surface area contributed by atoms with Crippen molar-refractivity contribution in [2.24, 2.45) is 0 Å². The molecule has 1 aliphatic heterocycles. The van der Waals surface area contributed by atoms with Crippen LogP contribution in [0.4, 0.5) is 0 Å². The van der Waals surface area contributed by atoms with Crippen LogP contribution in [0.2, 0.25) is 0 Å². The van der Waals surface area contributed by atoms with Crippen LogP contribution in [0.5, 0.6) is 11.5 Å². The largest absolute Gasteiger partial charge is 0.457 e. The van der Waals surface area contributed by atoms with Crippen molar-refractivity contribution in [2.45, 2.75) is 19.6 Å². The van der Waals surface area contributed by atoms with Crippen LogP contribution in [0.25, 0.3) is 0 Å². The molecule has 0 fully saturated rings. The van der Waals surface area contributed by atoms with E-state index in [1.807, 2.05) is 53.2 Å². The molecule has 132 valence electrons. The number of aromatic nitrogens is 2. The first kappa shape index (κ1) is 16.4. The maximum Gasteiger partial charge on any atom is 0.255 e. The third kappa shape index (κ3) is 3.60. The van der Waals surface area contributed by atoms with E-state index < -0.39 is 0 Å². The van der Waals surface area contributed by atoms with Gasteiger partial charge in [0.05, 0.1) is 30.0 Å². The fraction of sp³-hybridized carbons (Fsp3) is 0.200. The number of fused-ring (bicyclic) bond motifs is 1. The summed E-state index contributed by atoms with van der Waals surface area (Å²) < 4.78 is 7.85. The summed E-state index contributed by atoms with van der Waals surface area (Å²) in [6.45, 7) is 2.98. The summed E-state index contributed by atoms with van der Waals surface area (Å²) in [6, 6.07) is 18.7. The molecule has 2 N–H and O–H groups in total. The third-order valence-electron chi connectivity index (χ3n) is 4.25. The van der Waals surface area contributed by atoms with E-state index in [1.54, 1.807) is 12.1 Å². The van der Waals surface area contributed by atoms with Gasteiger partial charge in [0, 0.05) is 13.1 Å². The first-order valence-corrected chi connectivity index (χ1v) is 8.66. The smallest absolute Gasteiger partial charge is 0.255 e. The van der Waals surface area contributed by atoms with Gasteiger partial charge < -0.3 is 15.4 Å². The van der Waals surface area contributed by atoms with E-state index in [0.29, 0.717) is 23.6 Å². The van der Waals surface area contributed by atoms with E-state index in [1.165, 1.54) is 0 Å². The third-order valence-corrected chi connectivity index (χ3v) is 4.25. The van der Waals surface area contributed by atoms with Gasteiger partial charge in [-0.1, -0.05) is 30.3 Å². The van der Waals surface area contributed by atoms with Gasteiger partial charge in [0.15, 0.2) is 0 Å². The molecule has 3 aromatic rings. The molecule has 2 heterocycles. The minimum Gasteiger partial charge on any atom is -0.457 e. The molecule has 0 aliphatic carbocycles. The Labute approximate surface area is 151 Å². The van der Waals surface area contributed by atoms with Crippen molar-refractivity contribution < 1.29 is 9.53 Å². The number of carbonyl (C=O) groups excluding carboxylic acids is 1. The Morgan fingerprint density at radius 1 is 1.15 bits per heavy atom. The summed E-state index contributed by atoms with van der Waals surface area (Å²) in [5.74, 6) is 1.05. The molecule has 2 aromatic carbocycles. The normalized spacial score (nSPS) is 13.1. The van der Waals surface area contributed by atoms with Gasteiger partial charge in [-0.25, -0.2) is 0 Å². The highest BCUT2D eigenvalue weighted by atomic mass is 16.5. The van der Waals surface area contributed by atoms with Gasteiger partial charge in [0.25, 0.3) is 5.91 Å². The first-order chi connectivity index (χ1) is 12.8. The first-order valence-electron chi connectivity index (χ1n) is 8.66. The van der Waals surface area contributed by atoms with Crippen LogP contribution in [0.1, 0.15) is 21.7 Å². The molecule has 0 unspecified atom stereocenters. The fourth-order valence-corrected chi connectivity index (χ4v) is 2.96. The Bertz CT molecular complexity index is 882. The summed E-state index contributed by atoms with van der Waals surface area (Å²) in [5, 5.41) is 10.8. The van der Waals surface area contributed by atoms with Gasteiger partial charge in [0.1, 0.15) is 11.5 Å². The minimum absolute atomic E-state index is 0.180. The zero-order valence-corrected chi connectivity index (χ0v) is 14.3. The number of nitrogens with zero attached hydrogens (tertiary/aromatic N) is 2. The van der Waals surface area contributed by atoms with Crippen LogP contribution in [0.3, 0.4) is 0 Å². The zero-order chi connectivity index (χ0) is 17.8. The van der Waals surface area contributed by atoms with Crippen molar-refractivity contribution in [3.63, 3.8) is 0 Å². The number of rotatable bonds is 5. The molecule has 0 bridgehead atoms. The van der Waals surface area contributed by atoms with Gasteiger partial charge in [-0.15, -0.1) is 0 Å². The number of hydrogen-bond acceptors (Lipinski definition) is 4. The predicted octanol–water partition coefficient (Wildman–Crippen LogP) is 2.71.